The smallest absolute Gasteiger partial charge is 0.240 e. The van der Waals surface area contributed by atoms with Crippen LogP contribution < -0.4 is 11.1 Å². The number of rotatable bonds is 3. The second kappa shape index (κ2) is 4.97. The number of hydrogen-bond acceptors (Lipinski definition) is 4. The summed E-state index contributed by atoms with van der Waals surface area (Å²) in [5.74, 6) is 0.525. The van der Waals surface area contributed by atoms with Gasteiger partial charge in [-0.1, -0.05) is 12.1 Å². The summed E-state index contributed by atoms with van der Waals surface area (Å²) in [4.78, 5) is 11.5. The number of nitrogens with two attached hydrogens (primary N) is 1. The molecule has 1 amide bonds. The zero-order valence-corrected chi connectivity index (χ0v) is 10.3. The van der Waals surface area contributed by atoms with E-state index in [0.717, 1.165) is 11.4 Å². The number of nitrogens with one attached hydrogen (secondary N) is 1. The number of carbonyl (C=O) groups excluding carboxylic acids is 1. The molecule has 1 atom stereocenters. The molecule has 6 nitrogen and oxygen atoms in total. The molecule has 0 saturated heterocycles. The summed E-state index contributed by atoms with van der Waals surface area (Å²) >= 11 is 0. The van der Waals surface area contributed by atoms with Gasteiger partial charge < -0.3 is 15.6 Å². The van der Waals surface area contributed by atoms with Gasteiger partial charge >= 0.3 is 0 Å². The predicted octanol–water partition coefficient (Wildman–Crippen LogP) is 0.768. The van der Waals surface area contributed by atoms with Crippen molar-refractivity contribution in [1.29, 1.82) is 0 Å². The van der Waals surface area contributed by atoms with Crippen LogP contribution in [0.25, 0.3) is 11.4 Å². The topological polar surface area (TPSA) is 85.8 Å². The number of aromatic nitrogens is 3. The van der Waals surface area contributed by atoms with Gasteiger partial charge in [0.1, 0.15) is 6.33 Å². The Kier molecular flexibility index (Phi) is 3.38. The standard InChI is InChI=1S/C12H15N5O/c1-8(13)12(18)15-10-5-3-4-9(6-10)11-16-14-7-17(11)2/h3-8H,13H2,1-2H3,(H,15,18). The van der Waals surface area contributed by atoms with Crippen molar-refractivity contribution in [3.8, 4) is 11.4 Å². The zero-order valence-electron chi connectivity index (χ0n) is 10.3. The van der Waals surface area contributed by atoms with E-state index in [1.54, 1.807) is 19.3 Å². The van der Waals surface area contributed by atoms with E-state index in [1.165, 1.54) is 0 Å². The van der Waals surface area contributed by atoms with E-state index in [9.17, 15) is 4.79 Å². The quantitative estimate of drug-likeness (QED) is 0.836. The highest BCUT2D eigenvalue weighted by Gasteiger charge is 2.09. The minimum Gasteiger partial charge on any atom is -0.325 e. The van der Waals surface area contributed by atoms with Gasteiger partial charge in [-0.15, -0.1) is 10.2 Å². The van der Waals surface area contributed by atoms with Crippen molar-refractivity contribution in [2.75, 3.05) is 5.32 Å². The molecule has 0 spiro atoms. The summed E-state index contributed by atoms with van der Waals surface area (Å²) in [6.45, 7) is 1.64. The molecule has 3 N–H and O–H groups in total. The monoisotopic (exact) mass is 245 g/mol. The molecular formula is C12H15N5O. The Morgan fingerprint density at radius 3 is 2.89 bits per heavy atom. The lowest BCUT2D eigenvalue weighted by molar-refractivity contribution is -0.117. The lowest BCUT2D eigenvalue weighted by atomic mass is 10.2. The van der Waals surface area contributed by atoms with Crippen LogP contribution in [-0.4, -0.2) is 26.7 Å². The van der Waals surface area contributed by atoms with Crippen LogP contribution in [0, 0.1) is 0 Å². The summed E-state index contributed by atoms with van der Waals surface area (Å²) in [7, 11) is 1.86. The van der Waals surface area contributed by atoms with Crippen LogP contribution in [0.3, 0.4) is 0 Å². The van der Waals surface area contributed by atoms with Crippen LogP contribution in [0.5, 0.6) is 0 Å². The molecule has 0 aliphatic rings. The lowest BCUT2D eigenvalue weighted by Crippen LogP contribution is -2.32. The number of carbonyl (C=O) groups is 1. The first kappa shape index (κ1) is 12.3. The van der Waals surface area contributed by atoms with E-state index < -0.39 is 6.04 Å². The van der Waals surface area contributed by atoms with Crippen LogP contribution in [0.2, 0.25) is 0 Å². The minimum atomic E-state index is -0.538. The third-order valence-electron chi connectivity index (χ3n) is 2.51. The maximum absolute atomic E-state index is 11.5. The second-order valence-corrected chi connectivity index (χ2v) is 4.12. The van der Waals surface area contributed by atoms with Crippen molar-refractivity contribution >= 4 is 11.6 Å². The molecule has 2 rings (SSSR count). The summed E-state index contributed by atoms with van der Waals surface area (Å²) in [6, 6.07) is 6.86. The Bertz CT molecular complexity index is 561. The number of anilines is 1. The first-order chi connectivity index (χ1) is 8.58. The molecule has 0 radical (unpaired) electrons. The first-order valence-corrected chi connectivity index (χ1v) is 5.59. The molecule has 0 bridgehead atoms. The maximum Gasteiger partial charge on any atom is 0.240 e. The molecule has 1 heterocycles. The predicted molar refractivity (Wildman–Crippen MR) is 68.7 cm³/mol. The van der Waals surface area contributed by atoms with E-state index in [2.05, 4.69) is 15.5 Å². The second-order valence-electron chi connectivity index (χ2n) is 4.12. The van der Waals surface area contributed by atoms with Crippen LogP contribution in [0.15, 0.2) is 30.6 Å². The average molecular weight is 245 g/mol. The number of nitrogens with zero attached hydrogens (tertiary/aromatic N) is 3. The normalized spacial score (nSPS) is 12.2. The fourth-order valence-corrected chi connectivity index (χ4v) is 1.54. The zero-order chi connectivity index (χ0) is 13.1. The minimum absolute atomic E-state index is 0.217. The average Bonchev–Trinajstić information content (AvgIpc) is 2.75. The van der Waals surface area contributed by atoms with E-state index in [-0.39, 0.29) is 5.91 Å². The largest absolute Gasteiger partial charge is 0.325 e. The van der Waals surface area contributed by atoms with Gasteiger partial charge in [0, 0.05) is 18.3 Å². The van der Waals surface area contributed by atoms with Gasteiger partial charge in [0.2, 0.25) is 5.91 Å². The molecule has 2 aromatic rings. The molecular weight excluding hydrogens is 230 g/mol. The Balaban J connectivity index is 2.26. The van der Waals surface area contributed by atoms with E-state index in [4.69, 9.17) is 5.73 Å². The molecule has 1 unspecified atom stereocenters. The fraction of sp³-hybridized carbons (Fsp3) is 0.250. The molecule has 6 heteroatoms. The van der Waals surface area contributed by atoms with Gasteiger partial charge in [0.05, 0.1) is 6.04 Å². The lowest BCUT2D eigenvalue weighted by Gasteiger charge is -2.09. The van der Waals surface area contributed by atoms with Gasteiger partial charge in [-0.05, 0) is 19.1 Å². The highest BCUT2D eigenvalue weighted by molar-refractivity contribution is 5.94. The van der Waals surface area contributed by atoms with Crippen molar-refractivity contribution in [2.24, 2.45) is 12.8 Å². The molecule has 94 valence electrons. The SMILES string of the molecule is CC(N)C(=O)Nc1cccc(-c2nncn2C)c1. The maximum atomic E-state index is 11.5. The van der Waals surface area contributed by atoms with Crippen molar-refractivity contribution in [3.05, 3.63) is 30.6 Å². The van der Waals surface area contributed by atoms with Crippen molar-refractivity contribution in [1.82, 2.24) is 14.8 Å². The molecule has 18 heavy (non-hydrogen) atoms. The Labute approximate surface area is 105 Å². The fourth-order valence-electron chi connectivity index (χ4n) is 1.54. The highest BCUT2D eigenvalue weighted by atomic mass is 16.2. The van der Waals surface area contributed by atoms with Crippen LogP contribution in [0.4, 0.5) is 5.69 Å². The third-order valence-corrected chi connectivity index (χ3v) is 2.51. The van der Waals surface area contributed by atoms with E-state index in [1.807, 2.05) is 29.8 Å². The number of amides is 1. The third kappa shape index (κ3) is 2.54. The van der Waals surface area contributed by atoms with Gasteiger partial charge in [0.25, 0.3) is 0 Å². The number of hydrogen-bond donors (Lipinski definition) is 2. The molecule has 0 fully saturated rings. The van der Waals surface area contributed by atoms with Gasteiger partial charge in [0.15, 0.2) is 5.82 Å². The first-order valence-electron chi connectivity index (χ1n) is 5.59. The molecule has 1 aromatic carbocycles. The van der Waals surface area contributed by atoms with Crippen molar-refractivity contribution < 1.29 is 4.79 Å². The van der Waals surface area contributed by atoms with Crippen molar-refractivity contribution in [2.45, 2.75) is 13.0 Å². The van der Waals surface area contributed by atoms with Crippen molar-refractivity contribution in [3.63, 3.8) is 0 Å². The Hall–Kier alpha value is -2.21. The summed E-state index contributed by atoms with van der Waals surface area (Å²) in [6.07, 6.45) is 1.63. The Morgan fingerprint density at radius 2 is 2.28 bits per heavy atom. The van der Waals surface area contributed by atoms with Crippen LogP contribution >= 0.6 is 0 Å². The van der Waals surface area contributed by atoms with E-state index in [0.29, 0.717) is 5.69 Å². The Morgan fingerprint density at radius 1 is 1.50 bits per heavy atom. The molecule has 0 aliphatic carbocycles. The molecule has 0 saturated carbocycles. The van der Waals surface area contributed by atoms with Gasteiger partial charge in [-0.2, -0.15) is 0 Å². The van der Waals surface area contributed by atoms with Crippen LogP contribution in [-0.2, 0) is 11.8 Å². The number of aryl methyl sites for hydroxylation is 1. The van der Waals surface area contributed by atoms with Crippen LogP contribution in [0.1, 0.15) is 6.92 Å². The van der Waals surface area contributed by atoms with Gasteiger partial charge in [-0.25, -0.2) is 0 Å². The van der Waals surface area contributed by atoms with Gasteiger partial charge in [-0.3, -0.25) is 4.79 Å². The van der Waals surface area contributed by atoms with E-state index >= 15 is 0 Å². The number of benzene rings is 1. The molecule has 0 aliphatic heterocycles. The molecule has 1 aromatic heterocycles. The summed E-state index contributed by atoms with van der Waals surface area (Å²) in [5.41, 5.74) is 7.08. The summed E-state index contributed by atoms with van der Waals surface area (Å²) < 4.78 is 1.81. The highest BCUT2D eigenvalue weighted by Crippen LogP contribution is 2.19. The summed E-state index contributed by atoms with van der Waals surface area (Å²) in [5, 5.41) is 10.6.